The molecule has 9 aromatic rings. The highest BCUT2D eigenvalue weighted by Gasteiger charge is 2.18. The van der Waals surface area contributed by atoms with Crippen LogP contribution in [0.15, 0.2) is 154 Å². The zero-order chi connectivity index (χ0) is 34.6. The summed E-state index contributed by atoms with van der Waals surface area (Å²) in [7, 11) is 0. The largest absolute Gasteiger partial charge is 0.456 e. The maximum atomic E-state index is 9.15. The van der Waals surface area contributed by atoms with Crippen LogP contribution >= 0.6 is 0 Å². The zero-order valence-electron chi connectivity index (χ0n) is 30.1. The minimum atomic E-state index is -0.440. The van der Waals surface area contributed by atoms with Crippen LogP contribution in [0.25, 0.3) is 88.0 Å². The highest BCUT2D eigenvalue weighted by atomic mass is 16.3. The monoisotopic (exact) mass is 544 g/mol. The Hall–Kier alpha value is -5.60. The zero-order valence-corrected chi connectivity index (χ0v) is 22.1. The predicted molar refractivity (Wildman–Crippen MR) is 175 cm³/mol. The van der Waals surface area contributed by atoms with Crippen molar-refractivity contribution in [1.82, 2.24) is 0 Å². The molecule has 0 fully saturated rings. The molecule has 2 nitrogen and oxygen atoms in total. The Morgan fingerprint density at radius 2 is 0.976 bits per heavy atom. The Balaban J connectivity index is 1.39. The number of hydrogen-bond acceptors (Lipinski definition) is 2. The fraction of sp³-hybridized carbons (Fsp3) is 0. The number of rotatable bonds is 3. The summed E-state index contributed by atoms with van der Waals surface area (Å²) in [5.41, 5.74) is 4.43. The Kier molecular flexibility index (Phi) is 3.54. The van der Waals surface area contributed by atoms with Gasteiger partial charge in [0.15, 0.2) is 0 Å². The van der Waals surface area contributed by atoms with Crippen molar-refractivity contribution in [2.24, 2.45) is 0 Å². The number of hydrogen-bond donors (Lipinski definition) is 0. The Labute approximate surface area is 253 Å². The molecule has 0 N–H and O–H groups in total. The topological polar surface area (TPSA) is 26.3 Å². The lowest BCUT2D eigenvalue weighted by atomic mass is 9.86. The molecular weight excluding hydrogens is 512 g/mol. The van der Waals surface area contributed by atoms with Crippen molar-refractivity contribution >= 4 is 54.5 Å². The molecule has 2 aromatic heterocycles. The molecule has 2 heteroatoms. The minimum Gasteiger partial charge on any atom is -0.456 e. The van der Waals surface area contributed by atoms with Gasteiger partial charge in [-0.1, -0.05) is 115 Å². The molecule has 0 unspecified atom stereocenters. The van der Waals surface area contributed by atoms with Crippen LogP contribution in [-0.4, -0.2) is 0 Å². The lowest BCUT2D eigenvalue weighted by Crippen LogP contribution is -1.90. The van der Waals surface area contributed by atoms with Crippen molar-refractivity contribution in [3.63, 3.8) is 0 Å². The SMILES string of the molecule is [2H]c1c([2H])c([2H])c2c(-c3ccc4c(c3)oc3cc5cc(-c6ccccc6)oc5cc34)c3c([2H])c([2H])c([2H])c([2H])c3c(-c3ccccc3)c2c1[2H]. The summed E-state index contributed by atoms with van der Waals surface area (Å²) < 4.78 is 83.6. The Morgan fingerprint density at radius 1 is 0.405 bits per heavy atom. The average Bonchev–Trinajstić information content (AvgIpc) is 3.73. The molecule has 0 saturated carbocycles. The van der Waals surface area contributed by atoms with Gasteiger partial charge in [-0.25, -0.2) is 0 Å². The summed E-state index contributed by atoms with van der Waals surface area (Å²) in [6.07, 6.45) is 0. The van der Waals surface area contributed by atoms with Gasteiger partial charge in [0, 0.05) is 21.7 Å². The van der Waals surface area contributed by atoms with Crippen LogP contribution < -0.4 is 0 Å². The van der Waals surface area contributed by atoms with E-state index in [1.807, 2.05) is 60.7 Å². The van der Waals surface area contributed by atoms with Crippen molar-refractivity contribution < 1.29 is 19.8 Å². The smallest absolute Gasteiger partial charge is 0.136 e. The van der Waals surface area contributed by atoms with Gasteiger partial charge >= 0.3 is 0 Å². The van der Waals surface area contributed by atoms with E-state index in [0.717, 1.165) is 27.5 Å². The summed E-state index contributed by atoms with van der Waals surface area (Å²) >= 11 is 0. The standard InChI is InChI=1S/C40H24O2/c1-3-11-25(12-4-1)35-22-28-23-38-34(24-36(28)41-35)29-20-19-27(21-37(29)42-38)40-32-17-9-7-15-30(32)39(26-13-5-2-6-14-26)31-16-8-10-18-33(31)40/h1-24H/i7D,8D,9D,10D,15D,16D,17D,18D. The van der Waals surface area contributed by atoms with Crippen molar-refractivity contribution in [3.8, 4) is 33.6 Å². The fourth-order valence-corrected chi connectivity index (χ4v) is 6.02. The molecule has 42 heavy (non-hydrogen) atoms. The number of fused-ring (bicyclic) bond motifs is 6. The van der Waals surface area contributed by atoms with Crippen LogP contribution in [0.2, 0.25) is 0 Å². The van der Waals surface area contributed by atoms with Gasteiger partial charge < -0.3 is 8.83 Å². The van der Waals surface area contributed by atoms with E-state index in [4.69, 9.17) is 19.8 Å². The second-order valence-electron chi connectivity index (χ2n) is 10.3. The van der Waals surface area contributed by atoms with E-state index >= 15 is 0 Å². The summed E-state index contributed by atoms with van der Waals surface area (Å²) in [6, 6.07) is 27.1. The molecule has 0 atom stereocenters. The number of furan rings is 2. The summed E-state index contributed by atoms with van der Waals surface area (Å²) in [4.78, 5) is 0. The molecule has 7 aromatic carbocycles. The summed E-state index contributed by atoms with van der Waals surface area (Å²) in [5, 5.41) is 3.16. The molecule has 0 radical (unpaired) electrons. The van der Waals surface area contributed by atoms with Crippen molar-refractivity contribution in [3.05, 3.63) is 145 Å². The van der Waals surface area contributed by atoms with Crippen molar-refractivity contribution in [2.45, 2.75) is 0 Å². The van der Waals surface area contributed by atoms with Gasteiger partial charge in [-0.2, -0.15) is 0 Å². The third kappa shape index (κ3) is 3.45. The normalized spacial score (nSPS) is 14.5. The van der Waals surface area contributed by atoms with E-state index in [9.17, 15) is 0 Å². The van der Waals surface area contributed by atoms with E-state index in [2.05, 4.69) is 0 Å². The molecule has 0 saturated heterocycles. The van der Waals surface area contributed by atoms with E-state index in [1.165, 1.54) is 0 Å². The van der Waals surface area contributed by atoms with Crippen LogP contribution in [0.3, 0.4) is 0 Å². The van der Waals surface area contributed by atoms with Gasteiger partial charge in [0.1, 0.15) is 22.5 Å². The first-order valence-electron chi connectivity index (χ1n) is 17.6. The van der Waals surface area contributed by atoms with Crippen molar-refractivity contribution in [1.29, 1.82) is 0 Å². The second-order valence-corrected chi connectivity index (χ2v) is 10.3. The predicted octanol–water partition coefficient (Wildman–Crippen LogP) is 11.6. The minimum absolute atomic E-state index is 0.161. The van der Waals surface area contributed by atoms with Gasteiger partial charge in [0.05, 0.1) is 11.0 Å². The van der Waals surface area contributed by atoms with E-state index in [0.29, 0.717) is 33.4 Å². The lowest BCUT2D eigenvalue weighted by molar-refractivity contribution is 0.631. The lowest BCUT2D eigenvalue weighted by Gasteiger charge is -2.17. The van der Waals surface area contributed by atoms with Crippen LogP contribution in [0, 0.1) is 0 Å². The van der Waals surface area contributed by atoms with E-state index in [-0.39, 0.29) is 51.3 Å². The molecule has 0 bridgehead atoms. The highest BCUT2D eigenvalue weighted by Crippen LogP contribution is 2.45. The van der Waals surface area contributed by atoms with Gasteiger partial charge in [-0.3, -0.25) is 0 Å². The van der Waals surface area contributed by atoms with E-state index < -0.39 is 24.2 Å². The maximum Gasteiger partial charge on any atom is 0.136 e. The first-order valence-corrected chi connectivity index (χ1v) is 13.6. The van der Waals surface area contributed by atoms with Gasteiger partial charge in [-0.15, -0.1) is 0 Å². The first-order chi connectivity index (χ1) is 24.1. The second kappa shape index (κ2) is 8.95. The molecular formula is C40H24O2. The van der Waals surface area contributed by atoms with Crippen LogP contribution in [0.1, 0.15) is 11.0 Å². The van der Waals surface area contributed by atoms with Crippen molar-refractivity contribution in [2.75, 3.05) is 0 Å². The molecule has 0 aliphatic carbocycles. The first kappa shape index (κ1) is 16.6. The van der Waals surface area contributed by atoms with E-state index in [1.54, 1.807) is 36.4 Å². The van der Waals surface area contributed by atoms with Gasteiger partial charge in [-0.05, 0) is 74.1 Å². The molecule has 0 aliphatic rings. The van der Waals surface area contributed by atoms with Crippen LogP contribution in [0.4, 0.5) is 0 Å². The molecule has 0 amide bonds. The molecule has 196 valence electrons. The van der Waals surface area contributed by atoms with Crippen LogP contribution in [-0.2, 0) is 0 Å². The van der Waals surface area contributed by atoms with Crippen LogP contribution in [0.5, 0.6) is 0 Å². The molecule has 9 rings (SSSR count). The third-order valence-corrected chi connectivity index (χ3v) is 7.89. The fourth-order valence-electron chi connectivity index (χ4n) is 6.02. The molecule has 0 aliphatic heterocycles. The summed E-state index contributed by atoms with van der Waals surface area (Å²) in [6.45, 7) is 0. The quantitative estimate of drug-likeness (QED) is 0.207. The Morgan fingerprint density at radius 3 is 1.62 bits per heavy atom. The molecule has 2 heterocycles. The highest BCUT2D eigenvalue weighted by molar-refractivity contribution is 6.22. The maximum absolute atomic E-state index is 9.15. The molecule has 0 spiro atoms. The number of benzene rings is 7. The average molecular weight is 545 g/mol. The van der Waals surface area contributed by atoms with Gasteiger partial charge in [0.2, 0.25) is 0 Å². The third-order valence-electron chi connectivity index (χ3n) is 7.89. The summed E-state index contributed by atoms with van der Waals surface area (Å²) in [5.74, 6) is 0.742. The Bertz CT molecular complexity index is 2810. The van der Waals surface area contributed by atoms with Gasteiger partial charge in [0.25, 0.3) is 0 Å².